The number of halogens is 1. The van der Waals surface area contributed by atoms with Crippen LogP contribution < -0.4 is 0 Å². The first-order valence-electron chi connectivity index (χ1n) is 6.12. The standard InChI is InChI=1S/C13H17ClO4S/c14-12-3-1-2-10(6-12)13(8-15,9-16)11-4-5-19(17,18)7-11/h1-3,6,11,15-16H,4-5,7-9H2. The van der Waals surface area contributed by atoms with Gasteiger partial charge in [-0.3, -0.25) is 0 Å². The van der Waals surface area contributed by atoms with E-state index in [2.05, 4.69) is 0 Å². The van der Waals surface area contributed by atoms with Crippen LogP contribution in [0.25, 0.3) is 0 Å². The zero-order valence-corrected chi connectivity index (χ0v) is 12.0. The average Bonchev–Trinajstić information content (AvgIpc) is 2.73. The molecule has 1 unspecified atom stereocenters. The number of aliphatic hydroxyl groups is 2. The number of rotatable bonds is 4. The van der Waals surface area contributed by atoms with Crippen molar-refractivity contribution in [2.24, 2.45) is 5.92 Å². The summed E-state index contributed by atoms with van der Waals surface area (Å²) in [6.45, 7) is -0.603. The molecular weight excluding hydrogens is 288 g/mol. The van der Waals surface area contributed by atoms with E-state index in [0.29, 0.717) is 17.0 Å². The third kappa shape index (κ3) is 2.79. The SMILES string of the molecule is O=S1(=O)CCC(C(CO)(CO)c2cccc(Cl)c2)C1. The number of benzene rings is 1. The van der Waals surface area contributed by atoms with E-state index in [4.69, 9.17) is 11.6 Å². The molecule has 0 bridgehead atoms. The number of aliphatic hydroxyl groups excluding tert-OH is 2. The van der Waals surface area contributed by atoms with Crippen LogP contribution in [-0.2, 0) is 15.3 Å². The summed E-state index contributed by atoms with van der Waals surface area (Å²) < 4.78 is 23.3. The van der Waals surface area contributed by atoms with E-state index in [1.165, 1.54) is 0 Å². The lowest BCUT2D eigenvalue weighted by Crippen LogP contribution is -2.43. The molecule has 2 N–H and O–H groups in total. The summed E-state index contributed by atoms with van der Waals surface area (Å²) in [6.07, 6.45) is 0.454. The van der Waals surface area contributed by atoms with E-state index < -0.39 is 15.3 Å². The first-order chi connectivity index (χ1) is 8.93. The molecule has 1 heterocycles. The minimum absolute atomic E-state index is 0.000628. The minimum Gasteiger partial charge on any atom is -0.395 e. The molecular formula is C13H17ClO4S. The van der Waals surface area contributed by atoms with Gasteiger partial charge < -0.3 is 10.2 Å². The van der Waals surface area contributed by atoms with Crippen molar-refractivity contribution in [2.75, 3.05) is 24.7 Å². The predicted octanol–water partition coefficient (Wildman–Crippen LogP) is 0.997. The maximum absolute atomic E-state index is 11.6. The van der Waals surface area contributed by atoms with E-state index in [9.17, 15) is 18.6 Å². The van der Waals surface area contributed by atoms with Crippen molar-refractivity contribution < 1.29 is 18.6 Å². The topological polar surface area (TPSA) is 74.6 Å². The molecule has 1 fully saturated rings. The Balaban J connectivity index is 2.43. The zero-order valence-electron chi connectivity index (χ0n) is 10.4. The number of hydrogen-bond acceptors (Lipinski definition) is 4. The number of hydrogen-bond donors (Lipinski definition) is 2. The van der Waals surface area contributed by atoms with Crippen molar-refractivity contribution in [3.8, 4) is 0 Å². The fourth-order valence-electron chi connectivity index (χ4n) is 2.76. The monoisotopic (exact) mass is 304 g/mol. The predicted molar refractivity (Wildman–Crippen MR) is 74.1 cm³/mol. The van der Waals surface area contributed by atoms with Crippen LogP contribution >= 0.6 is 11.6 Å². The summed E-state index contributed by atoms with van der Waals surface area (Å²) in [5, 5.41) is 20.0. The van der Waals surface area contributed by atoms with Crippen LogP contribution in [0.4, 0.5) is 0 Å². The number of sulfone groups is 1. The Bertz CT molecular complexity index is 552. The normalized spacial score (nSPS) is 22.6. The minimum atomic E-state index is -3.07. The van der Waals surface area contributed by atoms with Gasteiger partial charge in [0.2, 0.25) is 0 Å². The molecule has 106 valence electrons. The highest BCUT2D eigenvalue weighted by Crippen LogP contribution is 2.39. The molecule has 1 aromatic rings. The molecule has 0 saturated carbocycles. The summed E-state index contributed by atoms with van der Waals surface area (Å²) in [6, 6.07) is 6.89. The van der Waals surface area contributed by atoms with Gasteiger partial charge in [0.05, 0.1) is 24.7 Å². The summed E-state index contributed by atoms with van der Waals surface area (Å²) in [7, 11) is -3.07. The first kappa shape index (κ1) is 14.8. The molecule has 6 heteroatoms. The van der Waals surface area contributed by atoms with E-state index in [1.807, 2.05) is 0 Å². The maximum Gasteiger partial charge on any atom is 0.150 e. The summed E-state index contributed by atoms with van der Waals surface area (Å²) in [5.74, 6) is -0.174. The summed E-state index contributed by atoms with van der Waals surface area (Å²) in [5.41, 5.74) is -0.263. The molecule has 19 heavy (non-hydrogen) atoms. The van der Waals surface area contributed by atoms with Gasteiger partial charge in [-0.25, -0.2) is 8.42 Å². The van der Waals surface area contributed by atoms with Gasteiger partial charge in [0, 0.05) is 10.4 Å². The Labute approximate surface area is 117 Å². The van der Waals surface area contributed by atoms with E-state index in [1.54, 1.807) is 24.3 Å². The van der Waals surface area contributed by atoms with E-state index in [0.717, 1.165) is 0 Å². The Morgan fingerprint density at radius 3 is 2.47 bits per heavy atom. The van der Waals surface area contributed by atoms with Gasteiger partial charge in [-0.05, 0) is 30.0 Å². The second kappa shape index (κ2) is 5.40. The molecule has 1 atom stereocenters. The zero-order chi connectivity index (χ0) is 14.1. The highest BCUT2D eigenvalue weighted by Gasteiger charge is 2.45. The molecule has 1 aliphatic rings. The third-order valence-electron chi connectivity index (χ3n) is 3.98. The molecule has 0 radical (unpaired) electrons. The lowest BCUT2D eigenvalue weighted by atomic mass is 9.71. The summed E-state index contributed by atoms with van der Waals surface area (Å²) >= 11 is 5.95. The van der Waals surface area contributed by atoms with Gasteiger partial charge in [0.15, 0.2) is 9.84 Å². The fourth-order valence-corrected chi connectivity index (χ4v) is 4.85. The highest BCUT2D eigenvalue weighted by atomic mass is 35.5. The van der Waals surface area contributed by atoms with Crippen LogP contribution in [0.15, 0.2) is 24.3 Å². The van der Waals surface area contributed by atoms with Gasteiger partial charge >= 0.3 is 0 Å². The van der Waals surface area contributed by atoms with Crippen molar-refractivity contribution in [2.45, 2.75) is 11.8 Å². The van der Waals surface area contributed by atoms with E-state index >= 15 is 0 Å². The lowest BCUT2D eigenvalue weighted by molar-refractivity contribution is 0.0775. The van der Waals surface area contributed by atoms with Crippen LogP contribution in [0, 0.1) is 5.92 Å². The highest BCUT2D eigenvalue weighted by molar-refractivity contribution is 7.91. The second-order valence-corrected chi connectivity index (χ2v) is 7.75. The molecule has 0 aromatic heterocycles. The lowest BCUT2D eigenvalue weighted by Gasteiger charge is -2.36. The maximum atomic E-state index is 11.6. The smallest absolute Gasteiger partial charge is 0.150 e. The van der Waals surface area contributed by atoms with Gasteiger partial charge in [0.1, 0.15) is 0 Å². The van der Waals surface area contributed by atoms with Gasteiger partial charge in [0.25, 0.3) is 0 Å². The van der Waals surface area contributed by atoms with Crippen molar-refractivity contribution in [3.05, 3.63) is 34.9 Å². The quantitative estimate of drug-likeness (QED) is 0.870. The van der Waals surface area contributed by atoms with Gasteiger partial charge in [-0.1, -0.05) is 23.7 Å². The molecule has 0 amide bonds. The van der Waals surface area contributed by atoms with Crippen LogP contribution in [-0.4, -0.2) is 43.4 Å². The van der Waals surface area contributed by atoms with Gasteiger partial charge in [-0.15, -0.1) is 0 Å². The molecule has 0 aliphatic carbocycles. The van der Waals surface area contributed by atoms with E-state index in [-0.39, 0.29) is 30.6 Å². The van der Waals surface area contributed by atoms with Crippen LogP contribution in [0.5, 0.6) is 0 Å². The molecule has 4 nitrogen and oxygen atoms in total. The Kier molecular flexibility index (Phi) is 4.20. The Hall–Kier alpha value is -0.620. The third-order valence-corrected chi connectivity index (χ3v) is 5.98. The largest absolute Gasteiger partial charge is 0.395 e. The average molecular weight is 305 g/mol. The van der Waals surface area contributed by atoms with Crippen LogP contribution in [0.3, 0.4) is 0 Å². The van der Waals surface area contributed by atoms with Crippen molar-refractivity contribution in [1.82, 2.24) is 0 Å². The molecule has 1 aliphatic heterocycles. The Morgan fingerprint density at radius 2 is 2.00 bits per heavy atom. The van der Waals surface area contributed by atoms with Gasteiger partial charge in [-0.2, -0.15) is 0 Å². The van der Waals surface area contributed by atoms with Crippen molar-refractivity contribution in [1.29, 1.82) is 0 Å². The molecule has 2 rings (SSSR count). The first-order valence-corrected chi connectivity index (χ1v) is 8.32. The Morgan fingerprint density at radius 1 is 1.32 bits per heavy atom. The second-order valence-electron chi connectivity index (χ2n) is 5.08. The fraction of sp³-hybridized carbons (Fsp3) is 0.538. The molecule has 1 saturated heterocycles. The van der Waals surface area contributed by atoms with Crippen LogP contribution in [0.1, 0.15) is 12.0 Å². The molecule has 1 aromatic carbocycles. The van der Waals surface area contributed by atoms with Crippen LogP contribution in [0.2, 0.25) is 5.02 Å². The summed E-state index contributed by atoms with van der Waals surface area (Å²) in [4.78, 5) is 0. The van der Waals surface area contributed by atoms with Crippen molar-refractivity contribution >= 4 is 21.4 Å². The molecule has 0 spiro atoms. The van der Waals surface area contributed by atoms with Crippen molar-refractivity contribution in [3.63, 3.8) is 0 Å².